The van der Waals surface area contributed by atoms with Crippen LogP contribution in [0.25, 0.3) is 11.0 Å². The number of rotatable bonds is 4. The van der Waals surface area contributed by atoms with Gasteiger partial charge in [-0.25, -0.2) is 14.4 Å². The van der Waals surface area contributed by atoms with Crippen molar-refractivity contribution in [2.45, 2.75) is 24.8 Å². The monoisotopic (exact) mass is 359 g/mol. The molecule has 1 aliphatic heterocycles. The van der Waals surface area contributed by atoms with E-state index in [-0.39, 0.29) is 11.4 Å². The number of aromatic amines is 1. The van der Waals surface area contributed by atoms with Crippen molar-refractivity contribution in [1.29, 1.82) is 0 Å². The van der Waals surface area contributed by atoms with E-state index >= 15 is 0 Å². The number of piperidine rings is 1. The molecule has 7 heteroatoms. The highest BCUT2D eigenvalue weighted by Crippen LogP contribution is 2.32. The minimum Gasteiger partial charge on any atom is -0.364 e. The van der Waals surface area contributed by atoms with E-state index < -0.39 is 0 Å². The third-order valence-electron chi connectivity index (χ3n) is 4.84. The van der Waals surface area contributed by atoms with Gasteiger partial charge in [0.05, 0.1) is 5.39 Å². The molecule has 0 unspecified atom stereocenters. The molecule has 0 aliphatic carbocycles. The number of hydrogen-bond donors (Lipinski definition) is 3. The van der Waals surface area contributed by atoms with Gasteiger partial charge in [0.15, 0.2) is 0 Å². The van der Waals surface area contributed by atoms with Crippen molar-refractivity contribution >= 4 is 28.5 Å². The molecule has 3 heterocycles. The minimum atomic E-state index is -0.314. The first-order valence-electron chi connectivity index (χ1n) is 8.36. The summed E-state index contributed by atoms with van der Waals surface area (Å²) in [4.78, 5) is 11.8. The van der Waals surface area contributed by atoms with Gasteiger partial charge in [-0.15, -0.1) is 0 Å². The van der Waals surface area contributed by atoms with Crippen molar-refractivity contribution in [2.75, 3.05) is 18.4 Å². The van der Waals surface area contributed by atoms with Crippen LogP contribution < -0.4 is 10.6 Å². The Morgan fingerprint density at radius 2 is 2.04 bits per heavy atom. The second-order valence-electron chi connectivity index (χ2n) is 6.53. The molecule has 0 radical (unpaired) electrons. The van der Waals surface area contributed by atoms with Crippen LogP contribution in [-0.4, -0.2) is 33.6 Å². The van der Waals surface area contributed by atoms with E-state index in [0.717, 1.165) is 48.3 Å². The highest BCUT2D eigenvalue weighted by molar-refractivity contribution is 6.31. The Morgan fingerprint density at radius 3 is 2.84 bits per heavy atom. The normalized spacial score (nSPS) is 16.9. The Kier molecular flexibility index (Phi) is 4.31. The zero-order valence-electron chi connectivity index (χ0n) is 13.6. The summed E-state index contributed by atoms with van der Waals surface area (Å²) in [6, 6.07) is 6.58. The van der Waals surface area contributed by atoms with E-state index in [9.17, 15) is 4.39 Å². The van der Waals surface area contributed by atoms with Gasteiger partial charge in [-0.1, -0.05) is 17.7 Å². The predicted octanol–water partition coefficient (Wildman–Crippen LogP) is 3.53. The van der Waals surface area contributed by atoms with Gasteiger partial charge in [0.25, 0.3) is 0 Å². The molecule has 0 bridgehead atoms. The summed E-state index contributed by atoms with van der Waals surface area (Å²) in [7, 11) is 0. The lowest BCUT2D eigenvalue weighted by Crippen LogP contribution is -2.49. The van der Waals surface area contributed by atoms with Gasteiger partial charge in [0, 0.05) is 16.8 Å². The quantitative estimate of drug-likeness (QED) is 0.666. The first-order chi connectivity index (χ1) is 12.2. The van der Waals surface area contributed by atoms with E-state index in [1.54, 1.807) is 12.4 Å². The third kappa shape index (κ3) is 3.32. The molecular weight excluding hydrogens is 341 g/mol. The van der Waals surface area contributed by atoms with E-state index in [1.807, 2.05) is 12.3 Å². The molecule has 5 nitrogen and oxygen atoms in total. The number of nitrogens with zero attached hydrogens (tertiary/aromatic N) is 2. The number of nitrogens with one attached hydrogen (secondary N) is 3. The fourth-order valence-electron chi connectivity index (χ4n) is 3.50. The van der Waals surface area contributed by atoms with E-state index in [1.165, 1.54) is 12.1 Å². The number of hydrogen-bond acceptors (Lipinski definition) is 4. The van der Waals surface area contributed by atoms with Crippen LogP contribution in [0.15, 0.2) is 36.8 Å². The zero-order chi connectivity index (χ0) is 17.3. The number of fused-ring (bicyclic) bond motifs is 1. The summed E-state index contributed by atoms with van der Waals surface area (Å²) in [5.41, 5.74) is 1.56. The summed E-state index contributed by atoms with van der Waals surface area (Å²) in [5.74, 6) is 0.497. The molecule has 1 fully saturated rings. The Hall–Kier alpha value is -2.18. The smallest absolute Gasteiger partial charge is 0.142 e. The van der Waals surface area contributed by atoms with Gasteiger partial charge in [-0.2, -0.15) is 0 Å². The summed E-state index contributed by atoms with van der Waals surface area (Å²) >= 11 is 6.28. The zero-order valence-corrected chi connectivity index (χ0v) is 14.4. The molecule has 25 heavy (non-hydrogen) atoms. The molecule has 0 amide bonds. The largest absolute Gasteiger partial charge is 0.364 e. The number of halogens is 2. The number of H-pyrrole nitrogens is 1. The fraction of sp³-hybridized carbons (Fsp3) is 0.333. The lowest BCUT2D eigenvalue weighted by Gasteiger charge is -2.39. The maximum absolute atomic E-state index is 13.4. The highest BCUT2D eigenvalue weighted by Gasteiger charge is 2.33. The second-order valence-corrected chi connectivity index (χ2v) is 6.94. The van der Waals surface area contributed by atoms with Crippen LogP contribution in [0.1, 0.15) is 18.4 Å². The van der Waals surface area contributed by atoms with Crippen molar-refractivity contribution in [1.82, 2.24) is 20.3 Å². The Bertz CT molecular complexity index is 888. The molecule has 4 rings (SSSR count). The summed E-state index contributed by atoms with van der Waals surface area (Å²) < 4.78 is 13.4. The van der Waals surface area contributed by atoms with Crippen LogP contribution in [0, 0.1) is 5.82 Å². The van der Waals surface area contributed by atoms with Gasteiger partial charge < -0.3 is 15.6 Å². The van der Waals surface area contributed by atoms with Gasteiger partial charge in [0.2, 0.25) is 0 Å². The van der Waals surface area contributed by atoms with Crippen LogP contribution in [0.2, 0.25) is 5.02 Å². The maximum Gasteiger partial charge on any atom is 0.142 e. The molecule has 1 aliphatic rings. The summed E-state index contributed by atoms with van der Waals surface area (Å²) in [6.45, 7) is 1.82. The average Bonchev–Trinajstić information content (AvgIpc) is 3.08. The van der Waals surface area contributed by atoms with E-state index in [2.05, 4.69) is 25.6 Å². The van der Waals surface area contributed by atoms with Gasteiger partial charge >= 0.3 is 0 Å². The summed E-state index contributed by atoms with van der Waals surface area (Å²) in [6.07, 6.45) is 5.98. The van der Waals surface area contributed by atoms with Gasteiger partial charge in [-0.3, -0.25) is 0 Å². The number of aromatic nitrogens is 3. The Balaban J connectivity index is 1.68. The predicted molar refractivity (Wildman–Crippen MR) is 97.5 cm³/mol. The van der Waals surface area contributed by atoms with E-state index in [0.29, 0.717) is 11.4 Å². The molecule has 1 saturated heterocycles. The average molecular weight is 360 g/mol. The molecule has 0 spiro atoms. The lowest BCUT2D eigenvalue weighted by atomic mass is 9.82. The molecule has 1 aromatic carbocycles. The van der Waals surface area contributed by atoms with Crippen molar-refractivity contribution in [2.24, 2.45) is 0 Å². The molecular formula is C18H19ClFN5. The lowest BCUT2D eigenvalue weighted by molar-refractivity contribution is 0.335. The topological polar surface area (TPSA) is 65.6 Å². The first-order valence-corrected chi connectivity index (χ1v) is 8.74. The standard InChI is InChI=1S/C18H19ClFN5/c19-15-9-13(20)2-1-12(15)10-18(4-7-21-8-5-18)25-17-14-3-6-22-16(14)23-11-24-17/h1-3,6,9,11,21H,4-5,7-8,10H2,(H2,22,23,24,25). The van der Waals surface area contributed by atoms with Crippen LogP contribution >= 0.6 is 11.6 Å². The maximum atomic E-state index is 13.4. The van der Waals surface area contributed by atoms with Crippen LogP contribution in [0.4, 0.5) is 10.2 Å². The fourth-order valence-corrected chi connectivity index (χ4v) is 3.74. The van der Waals surface area contributed by atoms with Gasteiger partial charge in [-0.05, 0) is 56.1 Å². The second kappa shape index (κ2) is 6.61. The Morgan fingerprint density at radius 1 is 1.20 bits per heavy atom. The summed E-state index contributed by atoms with van der Waals surface area (Å²) in [5, 5.41) is 8.48. The van der Waals surface area contributed by atoms with Crippen LogP contribution in [0.3, 0.4) is 0 Å². The van der Waals surface area contributed by atoms with Crippen molar-refractivity contribution < 1.29 is 4.39 Å². The van der Waals surface area contributed by atoms with Crippen molar-refractivity contribution in [3.63, 3.8) is 0 Å². The van der Waals surface area contributed by atoms with Crippen molar-refractivity contribution in [3.05, 3.63) is 53.2 Å². The molecule has 2 aromatic heterocycles. The molecule has 130 valence electrons. The number of benzene rings is 1. The Labute approximate surface area is 150 Å². The molecule has 0 atom stereocenters. The van der Waals surface area contributed by atoms with E-state index in [4.69, 9.17) is 11.6 Å². The molecule has 3 N–H and O–H groups in total. The van der Waals surface area contributed by atoms with Crippen molar-refractivity contribution in [3.8, 4) is 0 Å². The van der Waals surface area contributed by atoms with Crippen LogP contribution in [0.5, 0.6) is 0 Å². The highest BCUT2D eigenvalue weighted by atomic mass is 35.5. The number of anilines is 1. The third-order valence-corrected chi connectivity index (χ3v) is 5.19. The minimum absolute atomic E-state index is 0.189. The first kappa shape index (κ1) is 16.3. The van der Waals surface area contributed by atoms with Crippen LogP contribution in [-0.2, 0) is 6.42 Å². The molecule has 0 saturated carbocycles. The SMILES string of the molecule is Fc1ccc(CC2(Nc3ncnc4[nH]ccc34)CCNCC2)c(Cl)c1. The molecule has 3 aromatic rings. The van der Waals surface area contributed by atoms with Gasteiger partial charge in [0.1, 0.15) is 23.6 Å².